The Kier molecular flexibility index (Phi) is 4.33. The van der Waals surface area contributed by atoms with Gasteiger partial charge >= 0.3 is 0 Å². The SMILES string of the molecule is O=C(CCc1cn[nH]c1)N1CCC(Cn2ccnc2)CC1. The summed E-state index contributed by atoms with van der Waals surface area (Å²) < 4.78 is 2.13. The van der Waals surface area contributed by atoms with Gasteiger partial charge < -0.3 is 9.47 Å². The molecule has 0 atom stereocenters. The van der Waals surface area contributed by atoms with E-state index < -0.39 is 0 Å². The highest BCUT2D eigenvalue weighted by atomic mass is 16.2. The van der Waals surface area contributed by atoms with Crippen LogP contribution in [0.1, 0.15) is 24.8 Å². The summed E-state index contributed by atoms with van der Waals surface area (Å²) in [6, 6.07) is 0. The second-order valence-electron chi connectivity index (χ2n) is 5.69. The summed E-state index contributed by atoms with van der Waals surface area (Å²) in [5.74, 6) is 0.911. The number of imidazole rings is 1. The van der Waals surface area contributed by atoms with Gasteiger partial charge in [0.05, 0.1) is 12.5 Å². The number of hydrogen-bond acceptors (Lipinski definition) is 3. The van der Waals surface area contributed by atoms with Crippen molar-refractivity contribution in [3.05, 3.63) is 36.7 Å². The lowest BCUT2D eigenvalue weighted by Crippen LogP contribution is -2.39. The molecule has 0 saturated carbocycles. The number of nitrogens with zero attached hydrogens (tertiary/aromatic N) is 4. The van der Waals surface area contributed by atoms with Gasteiger partial charge in [-0.15, -0.1) is 0 Å². The van der Waals surface area contributed by atoms with Crippen molar-refractivity contribution in [2.24, 2.45) is 5.92 Å². The monoisotopic (exact) mass is 287 g/mol. The van der Waals surface area contributed by atoms with Gasteiger partial charge in [0.25, 0.3) is 0 Å². The molecule has 0 unspecified atom stereocenters. The van der Waals surface area contributed by atoms with Gasteiger partial charge in [0.2, 0.25) is 5.91 Å². The van der Waals surface area contributed by atoms with Crippen LogP contribution in [0.25, 0.3) is 0 Å². The molecule has 2 aromatic heterocycles. The van der Waals surface area contributed by atoms with Crippen LogP contribution in [0.3, 0.4) is 0 Å². The van der Waals surface area contributed by atoms with E-state index in [0.29, 0.717) is 12.3 Å². The summed E-state index contributed by atoms with van der Waals surface area (Å²) in [6.07, 6.45) is 12.8. The summed E-state index contributed by atoms with van der Waals surface area (Å²) in [6.45, 7) is 2.77. The van der Waals surface area contributed by atoms with Crippen molar-refractivity contribution in [2.45, 2.75) is 32.2 Å². The van der Waals surface area contributed by atoms with Crippen LogP contribution in [0, 0.1) is 5.92 Å². The fourth-order valence-electron chi connectivity index (χ4n) is 2.88. The fourth-order valence-corrected chi connectivity index (χ4v) is 2.88. The Hall–Kier alpha value is -2.11. The van der Waals surface area contributed by atoms with Gasteiger partial charge in [-0.25, -0.2) is 4.98 Å². The lowest BCUT2D eigenvalue weighted by atomic mass is 9.96. The molecule has 3 heterocycles. The quantitative estimate of drug-likeness (QED) is 0.905. The molecule has 0 aliphatic carbocycles. The highest BCUT2D eigenvalue weighted by Crippen LogP contribution is 2.20. The first-order valence-electron chi connectivity index (χ1n) is 7.52. The number of carbonyl (C=O) groups excluding carboxylic acids is 1. The Balaban J connectivity index is 1.41. The number of carbonyl (C=O) groups is 1. The molecule has 6 heteroatoms. The first-order chi connectivity index (χ1) is 10.3. The van der Waals surface area contributed by atoms with Gasteiger partial charge in [-0.1, -0.05) is 0 Å². The molecular formula is C15H21N5O. The van der Waals surface area contributed by atoms with Crippen LogP contribution in [0.4, 0.5) is 0 Å². The molecular weight excluding hydrogens is 266 g/mol. The predicted molar refractivity (Wildman–Crippen MR) is 78.4 cm³/mol. The van der Waals surface area contributed by atoms with E-state index in [2.05, 4.69) is 19.7 Å². The first kappa shape index (κ1) is 13.9. The molecule has 1 saturated heterocycles. The zero-order chi connectivity index (χ0) is 14.5. The van der Waals surface area contributed by atoms with Gasteiger partial charge in [0.15, 0.2) is 0 Å². The number of amides is 1. The third-order valence-electron chi connectivity index (χ3n) is 4.18. The molecule has 1 N–H and O–H groups in total. The van der Waals surface area contributed by atoms with Crippen molar-refractivity contribution in [2.75, 3.05) is 13.1 Å². The molecule has 112 valence electrons. The van der Waals surface area contributed by atoms with E-state index in [9.17, 15) is 4.79 Å². The third kappa shape index (κ3) is 3.71. The third-order valence-corrected chi connectivity index (χ3v) is 4.18. The number of aryl methyl sites for hydroxylation is 1. The maximum absolute atomic E-state index is 12.2. The summed E-state index contributed by atoms with van der Waals surface area (Å²) in [5.41, 5.74) is 1.10. The molecule has 21 heavy (non-hydrogen) atoms. The molecule has 2 aromatic rings. The van der Waals surface area contributed by atoms with Crippen LogP contribution >= 0.6 is 0 Å². The molecule has 1 aliphatic heterocycles. The van der Waals surface area contributed by atoms with Gasteiger partial charge in [-0.2, -0.15) is 5.10 Å². The summed E-state index contributed by atoms with van der Waals surface area (Å²) >= 11 is 0. The van der Waals surface area contributed by atoms with Crippen molar-refractivity contribution in [3.63, 3.8) is 0 Å². The van der Waals surface area contributed by atoms with Crippen LogP contribution in [-0.4, -0.2) is 43.6 Å². The van der Waals surface area contributed by atoms with Crippen molar-refractivity contribution < 1.29 is 4.79 Å². The highest BCUT2D eigenvalue weighted by Gasteiger charge is 2.22. The molecule has 0 spiro atoms. The largest absolute Gasteiger partial charge is 0.343 e. The zero-order valence-corrected chi connectivity index (χ0v) is 12.1. The van der Waals surface area contributed by atoms with Gasteiger partial charge in [0, 0.05) is 44.6 Å². The highest BCUT2D eigenvalue weighted by molar-refractivity contribution is 5.76. The summed E-state index contributed by atoms with van der Waals surface area (Å²) in [7, 11) is 0. The second-order valence-corrected chi connectivity index (χ2v) is 5.69. The maximum atomic E-state index is 12.2. The Bertz CT molecular complexity index is 541. The van der Waals surface area contributed by atoms with Crippen LogP contribution in [0.5, 0.6) is 0 Å². The molecule has 0 radical (unpaired) electrons. The molecule has 0 bridgehead atoms. The van der Waals surface area contributed by atoms with E-state index in [-0.39, 0.29) is 5.91 Å². The number of rotatable bonds is 5. The summed E-state index contributed by atoms with van der Waals surface area (Å²) in [5, 5.41) is 6.68. The molecule has 0 aromatic carbocycles. The van der Waals surface area contributed by atoms with E-state index in [0.717, 1.165) is 44.5 Å². The minimum atomic E-state index is 0.261. The average Bonchev–Trinajstić information content (AvgIpc) is 3.19. The van der Waals surface area contributed by atoms with E-state index in [1.807, 2.05) is 29.8 Å². The number of likely N-dealkylation sites (tertiary alicyclic amines) is 1. The molecule has 1 amide bonds. The van der Waals surface area contributed by atoms with Crippen molar-refractivity contribution >= 4 is 5.91 Å². The van der Waals surface area contributed by atoms with Crippen molar-refractivity contribution in [1.29, 1.82) is 0 Å². The predicted octanol–water partition coefficient (Wildman–Crippen LogP) is 1.48. The topological polar surface area (TPSA) is 66.8 Å². The molecule has 1 fully saturated rings. The average molecular weight is 287 g/mol. The standard InChI is InChI=1S/C15H21N5O/c21-15(2-1-14-9-17-18-10-14)20-6-3-13(4-7-20)11-19-8-5-16-12-19/h5,8-10,12-13H,1-4,6-7,11H2,(H,17,18). The van der Waals surface area contributed by atoms with Crippen LogP contribution in [0.2, 0.25) is 0 Å². The van der Waals surface area contributed by atoms with Crippen LogP contribution < -0.4 is 0 Å². The summed E-state index contributed by atoms with van der Waals surface area (Å²) in [4.78, 5) is 18.3. The molecule has 6 nitrogen and oxygen atoms in total. The number of H-pyrrole nitrogens is 1. The minimum Gasteiger partial charge on any atom is -0.343 e. The van der Waals surface area contributed by atoms with Gasteiger partial charge in [-0.05, 0) is 30.7 Å². The number of aromatic nitrogens is 4. The lowest BCUT2D eigenvalue weighted by Gasteiger charge is -2.32. The van der Waals surface area contributed by atoms with E-state index in [4.69, 9.17) is 0 Å². The number of piperidine rings is 1. The Morgan fingerprint density at radius 1 is 1.38 bits per heavy atom. The van der Waals surface area contributed by atoms with E-state index in [1.54, 1.807) is 6.20 Å². The minimum absolute atomic E-state index is 0.261. The van der Waals surface area contributed by atoms with Crippen molar-refractivity contribution in [3.8, 4) is 0 Å². The van der Waals surface area contributed by atoms with E-state index in [1.165, 1.54) is 0 Å². The number of aromatic amines is 1. The Morgan fingerprint density at radius 2 is 2.24 bits per heavy atom. The van der Waals surface area contributed by atoms with Gasteiger partial charge in [0.1, 0.15) is 0 Å². The number of hydrogen-bond donors (Lipinski definition) is 1. The van der Waals surface area contributed by atoms with Gasteiger partial charge in [-0.3, -0.25) is 9.89 Å². The van der Waals surface area contributed by atoms with Crippen molar-refractivity contribution in [1.82, 2.24) is 24.6 Å². The smallest absolute Gasteiger partial charge is 0.222 e. The lowest BCUT2D eigenvalue weighted by molar-refractivity contribution is -0.132. The van der Waals surface area contributed by atoms with Crippen LogP contribution in [-0.2, 0) is 17.8 Å². The Morgan fingerprint density at radius 3 is 2.90 bits per heavy atom. The van der Waals surface area contributed by atoms with E-state index >= 15 is 0 Å². The molecule has 1 aliphatic rings. The number of nitrogens with one attached hydrogen (secondary N) is 1. The fraction of sp³-hybridized carbons (Fsp3) is 0.533. The van der Waals surface area contributed by atoms with Crippen LogP contribution in [0.15, 0.2) is 31.1 Å². The normalized spacial score (nSPS) is 16.3. The molecule has 3 rings (SSSR count). The first-order valence-corrected chi connectivity index (χ1v) is 7.52. The second kappa shape index (κ2) is 6.56. The Labute approximate surface area is 124 Å². The maximum Gasteiger partial charge on any atom is 0.222 e. The zero-order valence-electron chi connectivity index (χ0n) is 12.1.